The van der Waals surface area contributed by atoms with Crippen molar-refractivity contribution in [2.24, 2.45) is 4.99 Å². The Morgan fingerprint density at radius 1 is 1.13 bits per heavy atom. The van der Waals surface area contributed by atoms with Crippen molar-refractivity contribution in [2.75, 3.05) is 44.2 Å². The maximum atomic E-state index is 12.1. The minimum atomic E-state index is -0.0470. The van der Waals surface area contributed by atoms with Crippen molar-refractivity contribution in [3.8, 4) is 0 Å². The molecule has 0 saturated carbocycles. The van der Waals surface area contributed by atoms with Gasteiger partial charge in [0.05, 0.1) is 6.54 Å². The first-order valence-corrected chi connectivity index (χ1v) is 11.4. The molecule has 1 saturated heterocycles. The molecule has 30 heavy (non-hydrogen) atoms. The second kappa shape index (κ2) is 10.9. The van der Waals surface area contributed by atoms with Crippen LogP contribution in [0.25, 0.3) is 0 Å². The van der Waals surface area contributed by atoms with Crippen molar-refractivity contribution in [3.05, 3.63) is 41.2 Å². The van der Waals surface area contributed by atoms with E-state index in [4.69, 9.17) is 4.99 Å². The van der Waals surface area contributed by atoms with Crippen molar-refractivity contribution < 1.29 is 4.79 Å². The molecule has 1 amide bonds. The summed E-state index contributed by atoms with van der Waals surface area (Å²) in [6.07, 6.45) is 0.870. The topological polar surface area (TPSA) is 85.8 Å². The van der Waals surface area contributed by atoms with Crippen molar-refractivity contribution in [1.29, 1.82) is 0 Å². The highest BCUT2D eigenvalue weighted by atomic mass is 32.1. The second-order valence-corrected chi connectivity index (χ2v) is 7.78. The zero-order valence-corrected chi connectivity index (χ0v) is 18.8. The first kappa shape index (κ1) is 22.0. The number of amides is 1. The fourth-order valence-electron chi connectivity index (χ4n) is 3.29. The number of rotatable bonds is 7. The number of benzene rings is 1. The largest absolute Gasteiger partial charge is 0.357 e. The summed E-state index contributed by atoms with van der Waals surface area (Å²) in [5.41, 5.74) is 1.69. The van der Waals surface area contributed by atoms with Crippen LogP contribution < -0.4 is 15.5 Å². The Bertz CT molecular complexity index is 859. The van der Waals surface area contributed by atoms with Crippen LogP contribution in [-0.4, -0.2) is 65.4 Å². The Balaban J connectivity index is 1.62. The number of hydrogen-bond acceptors (Lipinski definition) is 6. The molecule has 0 atom stereocenters. The molecule has 1 aromatic heterocycles. The van der Waals surface area contributed by atoms with Gasteiger partial charge in [-0.05, 0) is 31.5 Å². The van der Waals surface area contributed by atoms with Crippen LogP contribution in [0.4, 0.5) is 5.13 Å². The van der Waals surface area contributed by atoms with E-state index in [-0.39, 0.29) is 5.91 Å². The van der Waals surface area contributed by atoms with Gasteiger partial charge in [-0.3, -0.25) is 4.79 Å². The number of aryl methyl sites for hydroxylation is 1. The lowest BCUT2D eigenvalue weighted by atomic mass is 10.1. The van der Waals surface area contributed by atoms with Crippen molar-refractivity contribution in [2.45, 2.75) is 33.7 Å². The van der Waals surface area contributed by atoms with Gasteiger partial charge in [0.25, 0.3) is 5.91 Å². The lowest BCUT2D eigenvalue weighted by Crippen LogP contribution is -2.52. The van der Waals surface area contributed by atoms with E-state index in [9.17, 15) is 4.79 Å². The Labute approximate surface area is 182 Å². The van der Waals surface area contributed by atoms with Crippen LogP contribution in [0.3, 0.4) is 0 Å². The molecule has 1 aliphatic heterocycles. The van der Waals surface area contributed by atoms with Crippen LogP contribution in [0.5, 0.6) is 0 Å². The molecule has 9 heteroatoms. The molecule has 0 bridgehead atoms. The zero-order chi connectivity index (χ0) is 21.3. The quantitative estimate of drug-likeness (QED) is 0.518. The molecule has 0 radical (unpaired) electrons. The molecule has 2 heterocycles. The first-order chi connectivity index (χ1) is 14.6. The van der Waals surface area contributed by atoms with Crippen LogP contribution >= 0.6 is 11.5 Å². The van der Waals surface area contributed by atoms with Crippen molar-refractivity contribution in [3.63, 3.8) is 0 Å². The Kier molecular flexibility index (Phi) is 8.01. The Hall–Kier alpha value is -2.68. The van der Waals surface area contributed by atoms with E-state index in [1.165, 1.54) is 11.5 Å². The number of nitrogens with zero attached hydrogens (tertiary/aromatic N) is 5. The molecule has 2 aromatic rings. The smallest absolute Gasteiger partial charge is 0.251 e. The summed E-state index contributed by atoms with van der Waals surface area (Å²) in [5, 5.41) is 7.25. The second-order valence-electron chi connectivity index (χ2n) is 7.05. The third kappa shape index (κ3) is 5.69. The molecule has 3 rings (SSSR count). The predicted octanol–water partition coefficient (Wildman–Crippen LogP) is 2.14. The third-order valence-electron chi connectivity index (χ3n) is 4.90. The molecule has 162 valence electrons. The minimum Gasteiger partial charge on any atom is -0.357 e. The van der Waals surface area contributed by atoms with Gasteiger partial charge >= 0.3 is 0 Å². The summed E-state index contributed by atoms with van der Waals surface area (Å²) in [5.74, 6) is 1.78. The summed E-state index contributed by atoms with van der Waals surface area (Å²) in [7, 11) is 0. The average Bonchev–Trinajstić information content (AvgIpc) is 3.26. The van der Waals surface area contributed by atoms with Crippen LogP contribution in [0.15, 0.2) is 29.3 Å². The highest BCUT2D eigenvalue weighted by molar-refractivity contribution is 7.09. The van der Waals surface area contributed by atoms with Gasteiger partial charge < -0.3 is 20.4 Å². The van der Waals surface area contributed by atoms with Gasteiger partial charge in [0, 0.05) is 62.8 Å². The summed E-state index contributed by atoms with van der Waals surface area (Å²) in [4.78, 5) is 26.1. The fourth-order valence-corrected chi connectivity index (χ4v) is 4.09. The summed E-state index contributed by atoms with van der Waals surface area (Å²) in [6.45, 7) is 11.6. The Morgan fingerprint density at radius 2 is 1.90 bits per heavy atom. The minimum absolute atomic E-state index is 0.0470. The van der Waals surface area contributed by atoms with Gasteiger partial charge in [-0.1, -0.05) is 19.1 Å². The fraction of sp³-hybridized carbons (Fsp3) is 0.524. The molecule has 2 N–H and O–H groups in total. The summed E-state index contributed by atoms with van der Waals surface area (Å²) in [6, 6.07) is 7.67. The third-order valence-corrected chi connectivity index (χ3v) is 5.71. The molecular formula is C21H31N7OS. The number of guanidine groups is 1. The molecule has 0 aliphatic carbocycles. The lowest BCUT2D eigenvalue weighted by Gasteiger charge is -2.36. The van der Waals surface area contributed by atoms with Gasteiger partial charge in [0.15, 0.2) is 5.96 Å². The number of carbonyl (C=O) groups excluding carboxylic acids is 1. The summed E-state index contributed by atoms with van der Waals surface area (Å²) >= 11 is 1.48. The van der Waals surface area contributed by atoms with E-state index in [1.54, 1.807) is 0 Å². The van der Waals surface area contributed by atoms with Crippen LogP contribution in [0.1, 0.15) is 42.5 Å². The normalized spacial score (nSPS) is 14.7. The molecule has 1 fully saturated rings. The Morgan fingerprint density at radius 3 is 2.57 bits per heavy atom. The molecule has 1 aliphatic rings. The van der Waals surface area contributed by atoms with E-state index in [1.807, 2.05) is 31.2 Å². The standard InChI is InChI=1S/C21H31N7OS/c1-4-18-25-21(30-26-18)28-12-10-27(11-13-28)20(23-6-3)24-15-16-8-7-9-17(14-16)19(29)22-5-2/h7-9,14H,4-6,10-13,15H2,1-3H3,(H,22,29)(H,23,24). The number of hydrogen-bond donors (Lipinski definition) is 2. The van der Waals surface area contributed by atoms with Gasteiger partial charge in [-0.2, -0.15) is 4.37 Å². The zero-order valence-electron chi connectivity index (χ0n) is 18.0. The highest BCUT2D eigenvalue weighted by Gasteiger charge is 2.22. The molecule has 1 aromatic carbocycles. The van der Waals surface area contributed by atoms with Gasteiger partial charge in [-0.15, -0.1) is 0 Å². The van der Waals surface area contributed by atoms with Crippen molar-refractivity contribution in [1.82, 2.24) is 24.9 Å². The highest BCUT2D eigenvalue weighted by Crippen LogP contribution is 2.19. The van der Waals surface area contributed by atoms with Crippen LogP contribution in [0.2, 0.25) is 0 Å². The van der Waals surface area contributed by atoms with E-state index in [0.717, 1.165) is 61.6 Å². The number of anilines is 1. The van der Waals surface area contributed by atoms with E-state index in [0.29, 0.717) is 18.7 Å². The number of carbonyl (C=O) groups is 1. The van der Waals surface area contributed by atoms with Gasteiger partial charge in [-0.25, -0.2) is 9.98 Å². The van der Waals surface area contributed by atoms with E-state index in [2.05, 4.69) is 43.6 Å². The predicted molar refractivity (Wildman–Crippen MR) is 122 cm³/mol. The number of nitrogens with one attached hydrogen (secondary N) is 2. The SMILES string of the molecule is CCNC(=O)c1cccc(CN=C(NCC)N2CCN(c3nc(CC)ns3)CC2)c1. The van der Waals surface area contributed by atoms with Crippen LogP contribution in [0, 0.1) is 0 Å². The van der Waals surface area contributed by atoms with Crippen LogP contribution in [-0.2, 0) is 13.0 Å². The molecule has 0 unspecified atom stereocenters. The summed E-state index contributed by atoms with van der Waals surface area (Å²) < 4.78 is 4.40. The van der Waals surface area contributed by atoms with E-state index >= 15 is 0 Å². The van der Waals surface area contributed by atoms with Crippen molar-refractivity contribution >= 4 is 28.5 Å². The van der Waals surface area contributed by atoms with Gasteiger partial charge in [0.2, 0.25) is 5.13 Å². The molecule has 8 nitrogen and oxygen atoms in total. The molecule has 0 spiro atoms. The molecular weight excluding hydrogens is 398 g/mol. The average molecular weight is 430 g/mol. The number of piperazine rings is 1. The number of aliphatic imine (C=N–C) groups is 1. The maximum Gasteiger partial charge on any atom is 0.251 e. The van der Waals surface area contributed by atoms with E-state index < -0.39 is 0 Å². The maximum absolute atomic E-state index is 12.1. The number of aromatic nitrogens is 2. The van der Waals surface area contributed by atoms with Gasteiger partial charge in [0.1, 0.15) is 5.82 Å². The lowest BCUT2D eigenvalue weighted by molar-refractivity contribution is 0.0955. The monoisotopic (exact) mass is 429 g/mol. The first-order valence-electron chi connectivity index (χ1n) is 10.6.